The minimum Gasteiger partial charge on any atom is -0.327 e. The van der Waals surface area contributed by atoms with Crippen LogP contribution in [0.4, 0.5) is 0 Å². The Balaban J connectivity index is 2.07. The molecule has 0 aliphatic carbocycles. The third kappa shape index (κ3) is 3.45. The molecular formula is C16H24N4. The van der Waals surface area contributed by atoms with Crippen molar-refractivity contribution >= 4 is 0 Å². The van der Waals surface area contributed by atoms with Crippen molar-refractivity contribution in [1.29, 1.82) is 0 Å². The van der Waals surface area contributed by atoms with Crippen molar-refractivity contribution in [3.05, 3.63) is 47.0 Å². The van der Waals surface area contributed by atoms with Gasteiger partial charge in [0.25, 0.3) is 0 Å². The van der Waals surface area contributed by atoms with Crippen LogP contribution < -0.4 is 5.73 Å². The number of hydrogen-bond donors (Lipinski definition) is 1. The number of rotatable bonds is 6. The van der Waals surface area contributed by atoms with Gasteiger partial charge in [0.05, 0.1) is 5.69 Å². The summed E-state index contributed by atoms with van der Waals surface area (Å²) >= 11 is 0. The molecule has 0 spiro atoms. The second kappa shape index (κ2) is 6.66. The highest BCUT2D eigenvalue weighted by atomic mass is 15.3. The zero-order chi connectivity index (χ0) is 14.5. The van der Waals surface area contributed by atoms with E-state index in [0.29, 0.717) is 0 Å². The summed E-state index contributed by atoms with van der Waals surface area (Å²) < 4.78 is 2.10. The van der Waals surface area contributed by atoms with Crippen LogP contribution in [0, 0.1) is 13.8 Å². The molecule has 2 N–H and O–H groups in total. The summed E-state index contributed by atoms with van der Waals surface area (Å²) in [7, 11) is 0. The topological polar surface area (TPSA) is 56.7 Å². The Morgan fingerprint density at radius 3 is 2.80 bits per heavy atom. The summed E-state index contributed by atoms with van der Waals surface area (Å²) in [4.78, 5) is 4.15. The molecule has 0 aromatic carbocycles. The van der Waals surface area contributed by atoms with E-state index in [2.05, 4.69) is 41.6 Å². The smallest absolute Gasteiger partial charge is 0.0629 e. The van der Waals surface area contributed by atoms with E-state index in [1.807, 2.05) is 12.3 Å². The monoisotopic (exact) mass is 272 g/mol. The van der Waals surface area contributed by atoms with Crippen molar-refractivity contribution in [2.24, 2.45) is 5.73 Å². The molecule has 2 aromatic rings. The largest absolute Gasteiger partial charge is 0.327 e. The summed E-state index contributed by atoms with van der Waals surface area (Å²) in [6.45, 7) is 7.23. The Bertz CT molecular complexity index is 545. The summed E-state index contributed by atoms with van der Waals surface area (Å²) in [5, 5.41) is 4.65. The van der Waals surface area contributed by atoms with E-state index in [1.165, 1.54) is 16.8 Å². The molecular weight excluding hydrogens is 248 g/mol. The summed E-state index contributed by atoms with van der Waals surface area (Å²) in [5.41, 5.74) is 11.0. The molecule has 20 heavy (non-hydrogen) atoms. The molecule has 1 unspecified atom stereocenters. The highest BCUT2D eigenvalue weighted by Crippen LogP contribution is 2.16. The van der Waals surface area contributed by atoms with Gasteiger partial charge in [0, 0.05) is 30.7 Å². The number of aromatic nitrogens is 3. The Labute approximate surface area is 121 Å². The van der Waals surface area contributed by atoms with Crippen LogP contribution in [0.3, 0.4) is 0 Å². The first-order chi connectivity index (χ1) is 9.61. The molecule has 108 valence electrons. The lowest BCUT2D eigenvalue weighted by molar-refractivity contribution is 0.590. The second-order valence-electron chi connectivity index (χ2n) is 5.36. The summed E-state index contributed by atoms with van der Waals surface area (Å²) in [6.07, 6.45) is 6.59. The Kier molecular flexibility index (Phi) is 4.90. The second-order valence-corrected chi connectivity index (χ2v) is 5.36. The third-order valence-electron chi connectivity index (χ3n) is 3.86. The van der Waals surface area contributed by atoms with Gasteiger partial charge in [0.2, 0.25) is 0 Å². The SMILES string of the molecule is CCC(N)Cc1c(C)nn(CCc2cccnc2)c1C. The number of nitrogens with two attached hydrogens (primary N) is 1. The molecule has 0 aliphatic heterocycles. The lowest BCUT2D eigenvalue weighted by Gasteiger charge is -2.09. The number of hydrogen-bond acceptors (Lipinski definition) is 3. The van der Waals surface area contributed by atoms with Crippen LogP contribution in [0.25, 0.3) is 0 Å². The molecule has 0 amide bonds. The quantitative estimate of drug-likeness (QED) is 0.878. The average Bonchev–Trinajstić information content (AvgIpc) is 2.73. The fourth-order valence-corrected chi connectivity index (χ4v) is 2.43. The molecule has 0 radical (unpaired) electrons. The molecule has 2 rings (SSSR count). The summed E-state index contributed by atoms with van der Waals surface area (Å²) in [5.74, 6) is 0. The fourth-order valence-electron chi connectivity index (χ4n) is 2.43. The normalized spacial score (nSPS) is 12.6. The van der Waals surface area contributed by atoms with Crippen molar-refractivity contribution in [1.82, 2.24) is 14.8 Å². The lowest BCUT2D eigenvalue weighted by Crippen LogP contribution is -2.22. The molecule has 2 heterocycles. The van der Waals surface area contributed by atoms with Crippen molar-refractivity contribution < 1.29 is 0 Å². The van der Waals surface area contributed by atoms with Gasteiger partial charge in [-0.05, 0) is 50.3 Å². The predicted octanol–water partition coefficient (Wildman–Crippen LogP) is 2.42. The first kappa shape index (κ1) is 14.7. The molecule has 0 saturated carbocycles. The Morgan fingerprint density at radius 1 is 1.35 bits per heavy atom. The maximum absolute atomic E-state index is 6.07. The fraction of sp³-hybridized carbons (Fsp3) is 0.500. The molecule has 0 aliphatic rings. The zero-order valence-corrected chi connectivity index (χ0v) is 12.6. The van der Waals surface area contributed by atoms with Crippen LogP contribution in [0.1, 0.15) is 35.9 Å². The maximum atomic E-state index is 6.07. The number of nitrogens with zero attached hydrogens (tertiary/aromatic N) is 3. The Hall–Kier alpha value is -1.68. The van der Waals surface area contributed by atoms with Crippen LogP contribution in [0.2, 0.25) is 0 Å². The van der Waals surface area contributed by atoms with Crippen molar-refractivity contribution in [2.45, 2.75) is 52.6 Å². The van der Waals surface area contributed by atoms with E-state index in [1.54, 1.807) is 6.20 Å². The van der Waals surface area contributed by atoms with Gasteiger partial charge in [-0.15, -0.1) is 0 Å². The van der Waals surface area contributed by atoms with E-state index in [4.69, 9.17) is 5.73 Å². The van der Waals surface area contributed by atoms with E-state index >= 15 is 0 Å². The van der Waals surface area contributed by atoms with Gasteiger partial charge in [-0.1, -0.05) is 13.0 Å². The van der Waals surface area contributed by atoms with Crippen LogP contribution in [0.15, 0.2) is 24.5 Å². The van der Waals surface area contributed by atoms with Crippen LogP contribution in [0.5, 0.6) is 0 Å². The van der Waals surface area contributed by atoms with Crippen LogP contribution in [-0.2, 0) is 19.4 Å². The minimum atomic E-state index is 0.225. The van der Waals surface area contributed by atoms with E-state index < -0.39 is 0 Å². The molecule has 4 nitrogen and oxygen atoms in total. The van der Waals surface area contributed by atoms with Gasteiger partial charge < -0.3 is 5.73 Å². The van der Waals surface area contributed by atoms with Gasteiger partial charge in [-0.2, -0.15) is 5.10 Å². The number of pyridine rings is 1. The predicted molar refractivity (Wildman–Crippen MR) is 81.6 cm³/mol. The highest BCUT2D eigenvalue weighted by molar-refractivity contribution is 5.25. The van der Waals surface area contributed by atoms with Crippen molar-refractivity contribution in [3.63, 3.8) is 0 Å². The Morgan fingerprint density at radius 2 is 2.15 bits per heavy atom. The molecule has 0 bridgehead atoms. The molecule has 1 atom stereocenters. The highest BCUT2D eigenvalue weighted by Gasteiger charge is 2.13. The standard InChI is InChI=1S/C16H24N4/c1-4-15(17)10-16-12(2)19-20(13(16)3)9-7-14-6-5-8-18-11-14/h5-6,8,11,15H,4,7,9-10,17H2,1-3H3. The van der Waals surface area contributed by atoms with E-state index in [-0.39, 0.29) is 6.04 Å². The van der Waals surface area contributed by atoms with Gasteiger partial charge >= 0.3 is 0 Å². The maximum Gasteiger partial charge on any atom is 0.0629 e. The van der Waals surface area contributed by atoms with Gasteiger partial charge in [0.15, 0.2) is 0 Å². The van der Waals surface area contributed by atoms with Crippen LogP contribution >= 0.6 is 0 Å². The molecule has 4 heteroatoms. The first-order valence-electron chi connectivity index (χ1n) is 7.29. The van der Waals surface area contributed by atoms with Crippen molar-refractivity contribution in [2.75, 3.05) is 0 Å². The van der Waals surface area contributed by atoms with Crippen LogP contribution in [-0.4, -0.2) is 20.8 Å². The molecule has 0 saturated heterocycles. The molecule has 0 fully saturated rings. The zero-order valence-electron chi connectivity index (χ0n) is 12.6. The first-order valence-corrected chi connectivity index (χ1v) is 7.29. The minimum absolute atomic E-state index is 0.225. The van der Waals surface area contributed by atoms with E-state index in [9.17, 15) is 0 Å². The lowest BCUT2D eigenvalue weighted by atomic mass is 10.0. The average molecular weight is 272 g/mol. The number of aryl methyl sites for hydroxylation is 3. The van der Waals surface area contributed by atoms with Crippen molar-refractivity contribution in [3.8, 4) is 0 Å². The molecule has 2 aromatic heterocycles. The van der Waals surface area contributed by atoms with Gasteiger partial charge in [0.1, 0.15) is 0 Å². The third-order valence-corrected chi connectivity index (χ3v) is 3.86. The van der Waals surface area contributed by atoms with Gasteiger partial charge in [-0.3, -0.25) is 9.67 Å². The van der Waals surface area contributed by atoms with Gasteiger partial charge in [-0.25, -0.2) is 0 Å². The van der Waals surface area contributed by atoms with E-state index in [0.717, 1.165) is 31.5 Å². The summed E-state index contributed by atoms with van der Waals surface area (Å²) in [6, 6.07) is 4.30.